The summed E-state index contributed by atoms with van der Waals surface area (Å²) >= 11 is 1.93. The first-order chi connectivity index (χ1) is 13.0. The number of nitrogens with one attached hydrogen (secondary N) is 2. The van der Waals surface area contributed by atoms with Crippen LogP contribution < -0.4 is 10.6 Å². The quantitative estimate of drug-likeness (QED) is 0.823. The Morgan fingerprint density at radius 2 is 1.93 bits per heavy atom. The van der Waals surface area contributed by atoms with E-state index in [1.807, 2.05) is 11.8 Å². The molecule has 0 aromatic heterocycles. The maximum absolute atomic E-state index is 12.3. The van der Waals surface area contributed by atoms with Crippen LogP contribution in [0.15, 0.2) is 57.8 Å². The summed E-state index contributed by atoms with van der Waals surface area (Å²) in [6, 6.07) is 13.6. The molecule has 2 aliphatic rings. The van der Waals surface area contributed by atoms with Gasteiger partial charge in [0.05, 0.1) is 0 Å². The summed E-state index contributed by atoms with van der Waals surface area (Å²) in [5.41, 5.74) is 1.80. The molecular weight excluding hydrogens is 382 g/mol. The highest BCUT2D eigenvalue weighted by Crippen LogP contribution is 2.27. The number of carbonyl (C=O) groups is 1. The lowest BCUT2D eigenvalue weighted by Crippen LogP contribution is -2.29. The summed E-state index contributed by atoms with van der Waals surface area (Å²) < 4.78 is 28.0. The molecule has 0 saturated carbocycles. The van der Waals surface area contributed by atoms with Crippen molar-refractivity contribution in [1.29, 1.82) is 0 Å². The molecule has 2 N–H and O–H groups in total. The fourth-order valence-electron chi connectivity index (χ4n) is 3.12. The number of carbonyl (C=O) groups excluding carboxylic acids is 1. The molecule has 2 aromatic rings. The molecule has 1 saturated heterocycles. The number of sulfonamides is 1. The molecule has 1 fully saturated rings. The number of hydrogen-bond donors (Lipinski definition) is 2. The molecular formula is C19H19N3O3S2. The van der Waals surface area contributed by atoms with Crippen molar-refractivity contribution < 1.29 is 13.2 Å². The van der Waals surface area contributed by atoms with E-state index < -0.39 is 10.0 Å². The van der Waals surface area contributed by atoms with Crippen LogP contribution in [0.2, 0.25) is 0 Å². The molecule has 0 spiro atoms. The zero-order valence-corrected chi connectivity index (χ0v) is 16.1. The van der Waals surface area contributed by atoms with Gasteiger partial charge in [-0.05, 0) is 60.2 Å². The molecule has 8 heteroatoms. The van der Waals surface area contributed by atoms with E-state index in [1.165, 1.54) is 5.75 Å². The summed E-state index contributed by atoms with van der Waals surface area (Å²) in [7, 11) is -3.65. The van der Waals surface area contributed by atoms with Gasteiger partial charge in [-0.1, -0.05) is 12.1 Å². The zero-order chi connectivity index (χ0) is 18.9. The van der Waals surface area contributed by atoms with E-state index in [1.54, 1.807) is 48.5 Å². The average molecular weight is 402 g/mol. The van der Waals surface area contributed by atoms with Crippen molar-refractivity contribution in [2.24, 2.45) is 10.3 Å². The van der Waals surface area contributed by atoms with Gasteiger partial charge in [-0.2, -0.15) is 20.2 Å². The van der Waals surface area contributed by atoms with Crippen LogP contribution >= 0.6 is 11.8 Å². The second-order valence-corrected chi connectivity index (χ2v) is 9.28. The standard InChI is InChI=1S/C19H19N3O3S2/c23-19(20-11-13-9-10-26-12-13)14-5-7-15(8-6-14)21-18-16-3-1-2-4-17(16)27(24,25)22-18/h1-8,13H,9-12H2,(H,20,23)(H,21,22)/t13-/m1/s1. The van der Waals surface area contributed by atoms with Crippen molar-refractivity contribution in [1.82, 2.24) is 5.32 Å². The van der Waals surface area contributed by atoms with Crippen molar-refractivity contribution in [3.63, 3.8) is 0 Å². The fourth-order valence-corrected chi connectivity index (χ4v) is 5.58. The molecule has 1 amide bonds. The third-order valence-corrected chi connectivity index (χ3v) is 7.18. The van der Waals surface area contributed by atoms with Gasteiger partial charge >= 0.3 is 0 Å². The summed E-state index contributed by atoms with van der Waals surface area (Å²) in [6.07, 6.45) is 1.15. The van der Waals surface area contributed by atoms with E-state index in [9.17, 15) is 13.2 Å². The molecule has 27 heavy (non-hydrogen) atoms. The number of nitrogens with zero attached hydrogens (tertiary/aromatic N) is 1. The van der Waals surface area contributed by atoms with E-state index >= 15 is 0 Å². The molecule has 0 unspecified atom stereocenters. The topological polar surface area (TPSA) is 87.6 Å². The third kappa shape index (κ3) is 3.86. The number of fused-ring (bicyclic) bond motifs is 1. The third-order valence-electron chi connectivity index (χ3n) is 4.62. The van der Waals surface area contributed by atoms with Gasteiger partial charge in [-0.15, -0.1) is 4.40 Å². The molecule has 1 atom stereocenters. The molecule has 6 nitrogen and oxygen atoms in total. The lowest BCUT2D eigenvalue weighted by molar-refractivity contribution is 0.0948. The Kier molecular flexibility index (Phi) is 4.92. The van der Waals surface area contributed by atoms with Gasteiger partial charge < -0.3 is 10.6 Å². The van der Waals surface area contributed by atoms with Gasteiger partial charge in [-0.3, -0.25) is 4.79 Å². The van der Waals surface area contributed by atoms with Gasteiger partial charge in [0.2, 0.25) is 0 Å². The lowest BCUT2D eigenvalue weighted by atomic mass is 10.1. The van der Waals surface area contributed by atoms with Crippen molar-refractivity contribution in [2.75, 3.05) is 23.4 Å². The largest absolute Gasteiger partial charge is 0.352 e. The van der Waals surface area contributed by atoms with Crippen LogP contribution in [0.3, 0.4) is 0 Å². The number of amidine groups is 1. The van der Waals surface area contributed by atoms with Gasteiger partial charge in [-0.25, -0.2) is 0 Å². The van der Waals surface area contributed by atoms with Crippen LogP contribution in [-0.4, -0.2) is 38.2 Å². The van der Waals surface area contributed by atoms with E-state index in [0.29, 0.717) is 35.1 Å². The Hall–Kier alpha value is -2.32. The Morgan fingerprint density at radius 1 is 1.15 bits per heavy atom. The molecule has 2 heterocycles. The fraction of sp³-hybridized carbons (Fsp3) is 0.263. The minimum atomic E-state index is -3.65. The number of benzene rings is 2. The van der Waals surface area contributed by atoms with Crippen LogP contribution in [0.1, 0.15) is 22.3 Å². The maximum atomic E-state index is 12.3. The Labute approximate surface area is 162 Å². The molecule has 4 rings (SSSR count). The van der Waals surface area contributed by atoms with Crippen LogP contribution in [-0.2, 0) is 10.0 Å². The van der Waals surface area contributed by atoms with Crippen molar-refractivity contribution in [3.05, 3.63) is 59.7 Å². The highest BCUT2D eigenvalue weighted by Gasteiger charge is 2.28. The van der Waals surface area contributed by atoms with Crippen LogP contribution in [0.25, 0.3) is 0 Å². The van der Waals surface area contributed by atoms with Crippen LogP contribution in [0.4, 0.5) is 5.69 Å². The zero-order valence-electron chi connectivity index (χ0n) is 14.5. The van der Waals surface area contributed by atoms with Crippen molar-refractivity contribution >= 4 is 39.2 Å². The Balaban J connectivity index is 1.43. The van der Waals surface area contributed by atoms with Gasteiger partial charge in [0.15, 0.2) is 5.84 Å². The molecule has 0 bridgehead atoms. The van der Waals surface area contributed by atoms with Gasteiger partial charge in [0, 0.05) is 23.4 Å². The number of hydrogen-bond acceptors (Lipinski definition) is 5. The second kappa shape index (κ2) is 7.36. The number of anilines is 1. The molecule has 2 aromatic carbocycles. The summed E-state index contributed by atoms with van der Waals surface area (Å²) in [6.45, 7) is 0.706. The molecule has 2 aliphatic heterocycles. The van der Waals surface area contributed by atoms with E-state index in [4.69, 9.17) is 0 Å². The normalized spacial score (nSPS) is 20.0. The van der Waals surface area contributed by atoms with E-state index in [0.717, 1.165) is 12.2 Å². The number of rotatable bonds is 4. The first-order valence-corrected chi connectivity index (χ1v) is 11.3. The van der Waals surface area contributed by atoms with Crippen LogP contribution in [0, 0.1) is 5.92 Å². The van der Waals surface area contributed by atoms with E-state index in [-0.39, 0.29) is 10.8 Å². The minimum absolute atomic E-state index is 0.0930. The smallest absolute Gasteiger partial charge is 0.285 e. The first kappa shape index (κ1) is 18.1. The lowest BCUT2D eigenvalue weighted by Gasteiger charge is -2.11. The van der Waals surface area contributed by atoms with Crippen molar-refractivity contribution in [3.8, 4) is 0 Å². The Morgan fingerprint density at radius 3 is 2.67 bits per heavy atom. The minimum Gasteiger partial charge on any atom is -0.352 e. The number of thioether (sulfide) groups is 1. The summed E-state index contributed by atoms with van der Waals surface area (Å²) in [4.78, 5) is 12.5. The van der Waals surface area contributed by atoms with E-state index in [2.05, 4.69) is 15.0 Å². The summed E-state index contributed by atoms with van der Waals surface area (Å²) in [5.74, 6) is 3.03. The summed E-state index contributed by atoms with van der Waals surface area (Å²) in [5, 5.41) is 6.01. The second-order valence-electron chi connectivity index (χ2n) is 6.55. The monoisotopic (exact) mass is 401 g/mol. The first-order valence-electron chi connectivity index (χ1n) is 8.70. The SMILES string of the molecule is O=C(NC[C@H]1CCSC1)c1ccc(NC2=NS(=O)(=O)c3ccccc32)cc1. The van der Waals surface area contributed by atoms with Crippen LogP contribution in [0.5, 0.6) is 0 Å². The maximum Gasteiger partial charge on any atom is 0.285 e. The average Bonchev–Trinajstić information content (AvgIpc) is 3.27. The van der Waals surface area contributed by atoms with Gasteiger partial charge in [0.1, 0.15) is 4.90 Å². The number of amides is 1. The highest BCUT2D eigenvalue weighted by atomic mass is 32.2. The van der Waals surface area contributed by atoms with Crippen molar-refractivity contribution in [2.45, 2.75) is 11.3 Å². The van der Waals surface area contributed by atoms with Gasteiger partial charge in [0.25, 0.3) is 15.9 Å². The molecule has 0 radical (unpaired) electrons. The highest BCUT2D eigenvalue weighted by molar-refractivity contribution is 7.99. The Bertz CT molecular complexity index is 995. The predicted molar refractivity (Wildman–Crippen MR) is 108 cm³/mol. The molecule has 0 aliphatic carbocycles. The predicted octanol–water partition coefficient (Wildman–Crippen LogP) is 2.73. The molecule has 140 valence electrons.